The second-order valence-electron chi connectivity index (χ2n) is 3.88. The van der Waals surface area contributed by atoms with Crippen LogP contribution in [0.5, 0.6) is 0 Å². The SMILES string of the molecule is CS(=O)(=O)NCc1ccnc(-c2ccncc2)c1. The van der Waals surface area contributed by atoms with Crippen molar-refractivity contribution in [2.75, 3.05) is 6.26 Å². The van der Waals surface area contributed by atoms with Crippen molar-refractivity contribution < 1.29 is 8.42 Å². The summed E-state index contributed by atoms with van der Waals surface area (Å²) >= 11 is 0. The van der Waals surface area contributed by atoms with Crippen LogP contribution >= 0.6 is 0 Å². The molecule has 0 amide bonds. The van der Waals surface area contributed by atoms with E-state index in [1.54, 1.807) is 24.7 Å². The highest BCUT2D eigenvalue weighted by molar-refractivity contribution is 7.88. The van der Waals surface area contributed by atoms with Gasteiger partial charge in [-0.25, -0.2) is 13.1 Å². The van der Waals surface area contributed by atoms with Gasteiger partial charge in [-0.05, 0) is 29.8 Å². The van der Waals surface area contributed by atoms with Crippen LogP contribution < -0.4 is 4.72 Å². The van der Waals surface area contributed by atoms with Crippen LogP contribution in [0.2, 0.25) is 0 Å². The molecule has 2 heterocycles. The van der Waals surface area contributed by atoms with Crippen LogP contribution in [-0.4, -0.2) is 24.6 Å². The summed E-state index contributed by atoms with van der Waals surface area (Å²) in [5.74, 6) is 0. The van der Waals surface area contributed by atoms with Crippen molar-refractivity contribution in [2.24, 2.45) is 0 Å². The lowest BCUT2D eigenvalue weighted by Gasteiger charge is -2.05. The van der Waals surface area contributed by atoms with Gasteiger partial charge in [0.05, 0.1) is 11.9 Å². The Morgan fingerprint density at radius 1 is 1.17 bits per heavy atom. The van der Waals surface area contributed by atoms with Crippen molar-refractivity contribution in [2.45, 2.75) is 6.54 Å². The molecule has 1 N–H and O–H groups in total. The number of hydrogen-bond donors (Lipinski definition) is 1. The third-order valence-corrected chi connectivity index (χ3v) is 3.01. The fraction of sp³-hybridized carbons (Fsp3) is 0.167. The highest BCUT2D eigenvalue weighted by atomic mass is 32.2. The van der Waals surface area contributed by atoms with Crippen LogP contribution in [0.15, 0.2) is 42.9 Å². The lowest BCUT2D eigenvalue weighted by atomic mass is 10.1. The van der Waals surface area contributed by atoms with E-state index in [9.17, 15) is 8.42 Å². The van der Waals surface area contributed by atoms with E-state index in [0.29, 0.717) is 0 Å². The topological polar surface area (TPSA) is 72.0 Å². The number of nitrogens with zero attached hydrogens (tertiary/aromatic N) is 2. The number of sulfonamides is 1. The molecule has 0 spiro atoms. The Balaban J connectivity index is 2.21. The summed E-state index contributed by atoms with van der Waals surface area (Å²) in [6, 6.07) is 7.35. The van der Waals surface area contributed by atoms with Crippen molar-refractivity contribution in [1.82, 2.24) is 14.7 Å². The van der Waals surface area contributed by atoms with Gasteiger partial charge in [-0.15, -0.1) is 0 Å². The summed E-state index contributed by atoms with van der Waals surface area (Å²) < 4.78 is 24.5. The lowest BCUT2D eigenvalue weighted by molar-refractivity contribution is 0.587. The molecule has 18 heavy (non-hydrogen) atoms. The molecule has 0 aliphatic rings. The first-order chi connectivity index (χ1) is 8.54. The van der Waals surface area contributed by atoms with Gasteiger partial charge in [0.25, 0.3) is 0 Å². The first-order valence-electron chi connectivity index (χ1n) is 5.34. The van der Waals surface area contributed by atoms with Crippen molar-refractivity contribution in [1.29, 1.82) is 0 Å². The zero-order valence-electron chi connectivity index (χ0n) is 9.87. The smallest absolute Gasteiger partial charge is 0.209 e. The van der Waals surface area contributed by atoms with Gasteiger partial charge in [-0.3, -0.25) is 9.97 Å². The molecule has 2 rings (SSSR count). The molecule has 0 atom stereocenters. The third kappa shape index (κ3) is 3.61. The second-order valence-corrected chi connectivity index (χ2v) is 5.71. The van der Waals surface area contributed by atoms with Gasteiger partial charge >= 0.3 is 0 Å². The van der Waals surface area contributed by atoms with Crippen molar-refractivity contribution in [3.05, 3.63) is 48.4 Å². The Bertz CT molecular complexity index is 627. The summed E-state index contributed by atoms with van der Waals surface area (Å²) in [4.78, 5) is 8.19. The molecule has 94 valence electrons. The second kappa shape index (κ2) is 5.24. The first kappa shape index (κ1) is 12.7. The molecule has 6 heteroatoms. The largest absolute Gasteiger partial charge is 0.265 e. The number of pyridine rings is 2. The van der Waals surface area contributed by atoms with Crippen molar-refractivity contribution in [3.63, 3.8) is 0 Å². The van der Waals surface area contributed by atoms with E-state index in [1.807, 2.05) is 18.2 Å². The summed E-state index contributed by atoms with van der Waals surface area (Å²) in [6.45, 7) is 0.263. The fourth-order valence-electron chi connectivity index (χ4n) is 1.48. The first-order valence-corrected chi connectivity index (χ1v) is 7.24. The fourth-order valence-corrected chi connectivity index (χ4v) is 1.91. The normalized spacial score (nSPS) is 11.4. The minimum atomic E-state index is -3.18. The van der Waals surface area contributed by atoms with E-state index >= 15 is 0 Å². The number of aromatic nitrogens is 2. The van der Waals surface area contributed by atoms with Crippen molar-refractivity contribution in [3.8, 4) is 11.3 Å². The number of nitrogens with one attached hydrogen (secondary N) is 1. The summed E-state index contributed by atoms with van der Waals surface area (Å²) in [6.07, 6.45) is 6.18. The van der Waals surface area contributed by atoms with E-state index in [0.717, 1.165) is 23.1 Å². The standard InChI is InChI=1S/C12H13N3O2S/c1-18(16,17)15-9-10-2-7-14-12(8-10)11-3-5-13-6-4-11/h2-8,15H,9H2,1H3. The maximum Gasteiger partial charge on any atom is 0.209 e. The predicted molar refractivity (Wildman–Crippen MR) is 69.2 cm³/mol. The molecular formula is C12H13N3O2S. The van der Waals surface area contributed by atoms with Gasteiger partial charge in [0.1, 0.15) is 0 Å². The predicted octanol–water partition coefficient (Wildman–Crippen LogP) is 1.19. The Morgan fingerprint density at radius 2 is 1.89 bits per heavy atom. The summed E-state index contributed by atoms with van der Waals surface area (Å²) in [7, 11) is -3.18. The maximum atomic E-state index is 11.0. The van der Waals surface area contributed by atoms with Crippen LogP contribution in [0, 0.1) is 0 Å². The molecule has 0 unspecified atom stereocenters. The van der Waals surface area contributed by atoms with E-state index < -0.39 is 10.0 Å². The molecule has 5 nitrogen and oxygen atoms in total. The maximum absolute atomic E-state index is 11.0. The van der Waals surface area contributed by atoms with Crippen LogP contribution in [0.1, 0.15) is 5.56 Å². The molecule has 2 aromatic heterocycles. The Morgan fingerprint density at radius 3 is 2.56 bits per heavy atom. The molecule has 0 saturated carbocycles. The Kier molecular flexibility index (Phi) is 3.69. The Hall–Kier alpha value is -1.79. The molecular weight excluding hydrogens is 250 g/mol. The van der Waals surface area contributed by atoms with Gasteiger partial charge in [-0.1, -0.05) is 0 Å². The third-order valence-electron chi connectivity index (χ3n) is 2.34. The van der Waals surface area contributed by atoms with E-state index in [4.69, 9.17) is 0 Å². The zero-order chi connectivity index (χ0) is 13.0. The van der Waals surface area contributed by atoms with E-state index in [2.05, 4.69) is 14.7 Å². The summed E-state index contributed by atoms with van der Waals surface area (Å²) in [5, 5.41) is 0. The molecule has 0 fully saturated rings. The van der Waals surface area contributed by atoms with E-state index in [-0.39, 0.29) is 6.54 Å². The molecule has 0 aromatic carbocycles. The van der Waals surface area contributed by atoms with Gasteiger partial charge in [-0.2, -0.15) is 0 Å². The molecule has 0 aliphatic carbocycles. The van der Waals surface area contributed by atoms with Crippen molar-refractivity contribution >= 4 is 10.0 Å². The minimum absolute atomic E-state index is 0.263. The Labute approximate surface area is 106 Å². The number of hydrogen-bond acceptors (Lipinski definition) is 4. The van der Waals surface area contributed by atoms with E-state index in [1.165, 1.54) is 0 Å². The van der Waals surface area contributed by atoms with Gasteiger partial charge in [0.15, 0.2) is 0 Å². The molecule has 0 saturated heterocycles. The molecule has 0 aliphatic heterocycles. The molecule has 2 aromatic rings. The molecule has 0 bridgehead atoms. The van der Waals surface area contributed by atoms with Crippen LogP contribution in [-0.2, 0) is 16.6 Å². The highest BCUT2D eigenvalue weighted by Gasteiger charge is 2.03. The van der Waals surface area contributed by atoms with Crippen LogP contribution in [0.25, 0.3) is 11.3 Å². The lowest BCUT2D eigenvalue weighted by Crippen LogP contribution is -2.21. The monoisotopic (exact) mass is 263 g/mol. The average molecular weight is 263 g/mol. The van der Waals surface area contributed by atoms with Crippen LogP contribution in [0.3, 0.4) is 0 Å². The van der Waals surface area contributed by atoms with Gasteiger partial charge in [0, 0.05) is 30.7 Å². The molecule has 0 radical (unpaired) electrons. The quantitative estimate of drug-likeness (QED) is 0.899. The van der Waals surface area contributed by atoms with Gasteiger partial charge < -0.3 is 0 Å². The average Bonchev–Trinajstić information content (AvgIpc) is 2.37. The highest BCUT2D eigenvalue weighted by Crippen LogP contribution is 2.16. The zero-order valence-corrected chi connectivity index (χ0v) is 10.7. The summed E-state index contributed by atoms with van der Waals surface area (Å²) in [5.41, 5.74) is 2.61. The minimum Gasteiger partial charge on any atom is -0.265 e. The van der Waals surface area contributed by atoms with Gasteiger partial charge in [0.2, 0.25) is 10.0 Å². The van der Waals surface area contributed by atoms with Crippen LogP contribution in [0.4, 0.5) is 0 Å². The number of rotatable bonds is 4.